The third kappa shape index (κ3) is 63.5. The van der Waals surface area contributed by atoms with Gasteiger partial charge in [0.2, 0.25) is 0 Å². The van der Waals surface area contributed by atoms with Crippen LogP contribution in [0.5, 0.6) is 0 Å². The molecule has 0 radical (unpaired) electrons. The molecule has 0 spiro atoms. The molecule has 0 aliphatic carbocycles. The molecule has 1 atom stereocenters. The maximum absolute atomic E-state index is 12.9. The van der Waals surface area contributed by atoms with Crippen molar-refractivity contribution in [3.05, 3.63) is 170 Å². The summed E-state index contributed by atoms with van der Waals surface area (Å²) in [7, 11) is 0. The van der Waals surface area contributed by atoms with Crippen LogP contribution in [0.4, 0.5) is 0 Å². The van der Waals surface area contributed by atoms with Crippen LogP contribution in [0.1, 0.15) is 252 Å². The van der Waals surface area contributed by atoms with E-state index in [2.05, 4.69) is 191 Å². The number of ether oxygens (including phenoxy) is 3. The molecule has 0 fully saturated rings. The molecule has 79 heavy (non-hydrogen) atoms. The van der Waals surface area contributed by atoms with Crippen molar-refractivity contribution in [2.75, 3.05) is 13.2 Å². The van der Waals surface area contributed by atoms with E-state index in [1.807, 2.05) is 0 Å². The first-order valence-electron chi connectivity index (χ1n) is 31.6. The summed E-state index contributed by atoms with van der Waals surface area (Å²) in [5.74, 6) is -0.972. The standard InChI is InChI=1S/C73H114O6/c1-4-7-10-13-16-19-22-24-26-28-30-31-32-33-34-35-36-37-38-39-40-41-43-44-46-48-51-54-57-60-63-66-72(75)78-69-70(68-77-71(74)65-62-59-56-53-50-21-18-15-12-9-6-3)79-73(76)67-64-61-58-55-52-49-47-45-42-29-27-25-23-20-17-14-11-8-5-2/h7-8,10-11,15-20,24-27,30-31,33-34,36-37,39-40,42-45,49,52,70H,4-6,9,12-14,21-23,28-29,32,35,38,41,46-48,50-51,53-69H2,1-3H3/b10-7-,11-8-,18-15-,19-16-,20-17-,26-24-,27-25-,31-30-,34-33-,37-36-,40-39-,44-43-,45-42-,52-49-. The molecule has 6 nitrogen and oxygen atoms in total. The van der Waals surface area contributed by atoms with Crippen LogP contribution in [-0.4, -0.2) is 37.2 Å². The Morgan fingerprint density at radius 1 is 0.266 bits per heavy atom. The van der Waals surface area contributed by atoms with Gasteiger partial charge in [-0.1, -0.05) is 255 Å². The van der Waals surface area contributed by atoms with E-state index in [0.29, 0.717) is 19.3 Å². The predicted octanol–water partition coefficient (Wildman–Crippen LogP) is 21.9. The number of carbonyl (C=O) groups is 3. The zero-order chi connectivity index (χ0) is 57.1. The third-order valence-electron chi connectivity index (χ3n) is 12.7. The summed E-state index contributed by atoms with van der Waals surface area (Å²) in [4.78, 5) is 38.2. The van der Waals surface area contributed by atoms with Gasteiger partial charge in [-0.05, 0) is 148 Å². The highest BCUT2D eigenvalue weighted by molar-refractivity contribution is 5.71. The first-order chi connectivity index (χ1) is 39.0. The zero-order valence-corrected chi connectivity index (χ0v) is 50.6. The third-order valence-corrected chi connectivity index (χ3v) is 12.7. The van der Waals surface area contributed by atoms with E-state index in [9.17, 15) is 14.4 Å². The van der Waals surface area contributed by atoms with Gasteiger partial charge in [0.1, 0.15) is 13.2 Å². The topological polar surface area (TPSA) is 78.9 Å². The van der Waals surface area contributed by atoms with Gasteiger partial charge < -0.3 is 14.2 Å². The summed E-state index contributed by atoms with van der Waals surface area (Å²) in [6.07, 6.45) is 96.4. The Bertz CT molecular complexity index is 1820. The number of allylic oxidation sites excluding steroid dienone is 28. The fraction of sp³-hybridized carbons (Fsp3) is 0.575. The minimum Gasteiger partial charge on any atom is -0.462 e. The molecule has 0 N–H and O–H groups in total. The van der Waals surface area contributed by atoms with E-state index in [4.69, 9.17) is 14.2 Å². The highest BCUT2D eigenvalue weighted by Gasteiger charge is 2.19. The normalized spacial score (nSPS) is 13.3. The predicted molar refractivity (Wildman–Crippen MR) is 343 cm³/mol. The van der Waals surface area contributed by atoms with E-state index in [-0.39, 0.29) is 37.5 Å². The van der Waals surface area contributed by atoms with Crippen LogP contribution >= 0.6 is 0 Å². The Morgan fingerprint density at radius 2 is 0.494 bits per heavy atom. The molecular formula is C73H114O6. The average Bonchev–Trinajstić information content (AvgIpc) is 3.45. The Balaban J connectivity index is 4.38. The van der Waals surface area contributed by atoms with Crippen LogP contribution in [0.2, 0.25) is 0 Å². The Hall–Kier alpha value is -5.23. The monoisotopic (exact) mass is 1090 g/mol. The van der Waals surface area contributed by atoms with Crippen molar-refractivity contribution < 1.29 is 28.6 Å². The molecule has 0 aromatic carbocycles. The Kier molecular flexibility index (Phi) is 61.0. The van der Waals surface area contributed by atoms with Crippen molar-refractivity contribution in [1.82, 2.24) is 0 Å². The van der Waals surface area contributed by atoms with Gasteiger partial charge in [-0.2, -0.15) is 0 Å². The van der Waals surface area contributed by atoms with Crippen LogP contribution in [0.15, 0.2) is 170 Å². The SMILES string of the molecule is CC/C=C\C/C=C\C/C=C\C/C=C\C/C=C\C/C=C\C/C=C\C/C=C\CCCCCCCCC(=O)OCC(COC(=O)CCCCCCC/C=C\CCCC)OC(=O)CCCCC/C=C\C/C=C\C/C=C\C/C=C\C/C=C\CC. The second-order valence-corrected chi connectivity index (χ2v) is 20.2. The lowest BCUT2D eigenvalue weighted by Gasteiger charge is -2.18. The van der Waals surface area contributed by atoms with Gasteiger partial charge in [-0.25, -0.2) is 0 Å². The second kappa shape index (κ2) is 65.3. The molecule has 0 bridgehead atoms. The molecule has 0 amide bonds. The highest BCUT2D eigenvalue weighted by Crippen LogP contribution is 2.13. The number of unbranched alkanes of at least 4 members (excludes halogenated alkanes) is 16. The molecule has 0 rings (SSSR count). The molecule has 0 aliphatic rings. The number of carbonyl (C=O) groups excluding carboxylic acids is 3. The number of hydrogen-bond donors (Lipinski definition) is 0. The van der Waals surface area contributed by atoms with Gasteiger partial charge in [-0.3, -0.25) is 14.4 Å². The summed E-state index contributed by atoms with van der Waals surface area (Å²) in [5, 5.41) is 0. The summed E-state index contributed by atoms with van der Waals surface area (Å²) < 4.78 is 16.8. The van der Waals surface area contributed by atoms with Crippen LogP contribution in [-0.2, 0) is 28.6 Å². The molecule has 0 aromatic heterocycles. The number of hydrogen-bond acceptors (Lipinski definition) is 6. The van der Waals surface area contributed by atoms with E-state index >= 15 is 0 Å². The molecule has 0 saturated carbocycles. The summed E-state index contributed by atoms with van der Waals surface area (Å²) in [5.41, 5.74) is 0. The van der Waals surface area contributed by atoms with E-state index in [0.717, 1.165) is 167 Å². The largest absolute Gasteiger partial charge is 0.462 e. The van der Waals surface area contributed by atoms with Crippen molar-refractivity contribution in [2.45, 2.75) is 258 Å². The smallest absolute Gasteiger partial charge is 0.306 e. The van der Waals surface area contributed by atoms with E-state index in [1.54, 1.807) is 0 Å². The Morgan fingerprint density at radius 3 is 0.797 bits per heavy atom. The van der Waals surface area contributed by atoms with Crippen molar-refractivity contribution >= 4 is 17.9 Å². The lowest BCUT2D eigenvalue weighted by Crippen LogP contribution is -2.30. The van der Waals surface area contributed by atoms with Gasteiger partial charge in [0, 0.05) is 19.3 Å². The van der Waals surface area contributed by atoms with Gasteiger partial charge >= 0.3 is 17.9 Å². The van der Waals surface area contributed by atoms with Crippen LogP contribution in [0.25, 0.3) is 0 Å². The molecule has 442 valence electrons. The quantitative estimate of drug-likeness (QED) is 0.0261. The minimum atomic E-state index is -0.814. The fourth-order valence-corrected chi connectivity index (χ4v) is 7.99. The van der Waals surface area contributed by atoms with Crippen molar-refractivity contribution in [3.8, 4) is 0 Å². The first kappa shape index (κ1) is 73.8. The van der Waals surface area contributed by atoms with Crippen LogP contribution < -0.4 is 0 Å². The molecule has 0 heterocycles. The van der Waals surface area contributed by atoms with Gasteiger partial charge in [-0.15, -0.1) is 0 Å². The van der Waals surface area contributed by atoms with Crippen molar-refractivity contribution in [3.63, 3.8) is 0 Å². The highest BCUT2D eigenvalue weighted by atomic mass is 16.6. The summed E-state index contributed by atoms with van der Waals surface area (Å²) >= 11 is 0. The van der Waals surface area contributed by atoms with Gasteiger partial charge in [0.15, 0.2) is 6.10 Å². The number of esters is 3. The fourth-order valence-electron chi connectivity index (χ4n) is 7.99. The minimum absolute atomic E-state index is 0.108. The van der Waals surface area contributed by atoms with E-state index < -0.39 is 6.10 Å². The van der Waals surface area contributed by atoms with Crippen LogP contribution in [0.3, 0.4) is 0 Å². The average molecular weight is 1090 g/mol. The number of rotatable bonds is 55. The molecule has 0 saturated heterocycles. The summed E-state index contributed by atoms with van der Waals surface area (Å²) in [6.45, 7) is 6.31. The lowest BCUT2D eigenvalue weighted by molar-refractivity contribution is -0.167. The van der Waals surface area contributed by atoms with E-state index in [1.165, 1.54) is 38.5 Å². The van der Waals surface area contributed by atoms with Gasteiger partial charge in [0.25, 0.3) is 0 Å². The lowest BCUT2D eigenvalue weighted by atomic mass is 10.1. The first-order valence-corrected chi connectivity index (χ1v) is 31.6. The maximum atomic E-state index is 12.9. The van der Waals surface area contributed by atoms with Crippen molar-refractivity contribution in [2.24, 2.45) is 0 Å². The molecule has 0 aromatic rings. The second-order valence-electron chi connectivity index (χ2n) is 20.2. The molecule has 0 aliphatic heterocycles. The van der Waals surface area contributed by atoms with Crippen LogP contribution in [0, 0.1) is 0 Å². The summed E-state index contributed by atoms with van der Waals surface area (Å²) in [6, 6.07) is 0. The molecule has 1 unspecified atom stereocenters. The van der Waals surface area contributed by atoms with Crippen molar-refractivity contribution in [1.29, 1.82) is 0 Å². The maximum Gasteiger partial charge on any atom is 0.306 e. The molecular weight excluding hydrogens is 973 g/mol. The Labute approximate surface area is 485 Å². The molecule has 6 heteroatoms. The zero-order valence-electron chi connectivity index (χ0n) is 50.6. The van der Waals surface area contributed by atoms with Gasteiger partial charge in [0.05, 0.1) is 0 Å².